The predicted octanol–water partition coefficient (Wildman–Crippen LogP) is 4.17. The molecule has 5 heteroatoms. The molecular weight excluding hydrogens is 340 g/mol. The maximum absolute atomic E-state index is 12.7. The fourth-order valence-corrected chi connectivity index (χ4v) is 3.17. The van der Waals surface area contributed by atoms with E-state index in [-0.39, 0.29) is 11.9 Å². The number of hydrogen-bond acceptors (Lipinski definition) is 4. The van der Waals surface area contributed by atoms with Gasteiger partial charge in [-0.2, -0.15) is 0 Å². The van der Waals surface area contributed by atoms with Crippen LogP contribution in [0.15, 0.2) is 36.4 Å². The van der Waals surface area contributed by atoms with Crippen molar-refractivity contribution in [3.63, 3.8) is 0 Å². The Balaban J connectivity index is 2.06. The largest absolute Gasteiger partial charge is 0.496 e. The SMILES string of the molecule is CCOc1ccccc1NC(=O)C(C)N(C)Cc1cc(C)c(OC)c(C)c1. The van der Waals surface area contributed by atoms with Gasteiger partial charge in [-0.25, -0.2) is 0 Å². The van der Waals surface area contributed by atoms with Gasteiger partial charge in [-0.15, -0.1) is 0 Å². The first kappa shape index (κ1) is 20.8. The highest BCUT2D eigenvalue weighted by Gasteiger charge is 2.20. The Morgan fingerprint density at radius 2 is 1.81 bits per heavy atom. The van der Waals surface area contributed by atoms with E-state index in [4.69, 9.17) is 9.47 Å². The summed E-state index contributed by atoms with van der Waals surface area (Å²) in [5.74, 6) is 1.54. The second-order valence-electron chi connectivity index (χ2n) is 6.77. The summed E-state index contributed by atoms with van der Waals surface area (Å²) in [7, 11) is 3.64. The Labute approximate surface area is 162 Å². The molecule has 1 unspecified atom stereocenters. The van der Waals surface area contributed by atoms with Gasteiger partial charge in [0.1, 0.15) is 11.5 Å². The monoisotopic (exact) mass is 370 g/mol. The van der Waals surface area contributed by atoms with Crippen molar-refractivity contribution in [3.8, 4) is 11.5 Å². The van der Waals surface area contributed by atoms with Gasteiger partial charge in [0.25, 0.3) is 0 Å². The third-order valence-electron chi connectivity index (χ3n) is 4.64. The molecule has 0 saturated heterocycles. The Morgan fingerprint density at radius 3 is 2.41 bits per heavy atom. The highest BCUT2D eigenvalue weighted by Crippen LogP contribution is 2.26. The summed E-state index contributed by atoms with van der Waals surface area (Å²) >= 11 is 0. The molecule has 0 fully saturated rings. The summed E-state index contributed by atoms with van der Waals surface area (Å²) in [6, 6.07) is 11.4. The second-order valence-corrected chi connectivity index (χ2v) is 6.77. The van der Waals surface area contributed by atoms with Gasteiger partial charge in [-0.3, -0.25) is 9.69 Å². The number of ether oxygens (including phenoxy) is 2. The van der Waals surface area contributed by atoms with Gasteiger partial charge in [0.15, 0.2) is 0 Å². The van der Waals surface area contributed by atoms with E-state index in [0.717, 1.165) is 22.4 Å². The second kappa shape index (κ2) is 9.42. The number of nitrogens with zero attached hydrogens (tertiary/aromatic N) is 1. The summed E-state index contributed by atoms with van der Waals surface area (Å²) in [6.07, 6.45) is 0. The van der Waals surface area contributed by atoms with Crippen LogP contribution in [0.25, 0.3) is 0 Å². The van der Waals surface area contributed by atoms with Crippen LogP contribution in [0.5, 0.6) is 11.5 Å². The fourth-order valence-electron chi connectivity index (χ4n) is 3.17. The number of aryl methyl sites for hydroxylation is 2. The Bertz CT molecular complexity index is 766. The van der Waals surface area contributed by atoms with Crippen molar-refractivity contribution < 1.29 is 14.3 Å². The van der Waals surface area contributed by atoms with Crippen molar-refractivity contribution >= 4 is 11.6 Å². The molecule has 0 radical (unpaired) electrons. The van der Waals surface area contributed by atoms with Gasteiger partial charge in [0.05, 0.1) is 25.4 Å². The molecule has 1 N–H and O–H groups in total. The van der Waals surface area contributed by atoms with Gasteiger partial charge in [-0.05, 0) is 63.6 Å². The molecule has 27 heavy (non-hydrogen) atoms. The number of nitrogens with one attached hydrogen (secondary N) is 1. The highest BCUT2D eigenvalue weighted by molar-refractivity contribution is 5.95. The Morgan fingerprint density at radius 1 is 1.19 bits per heavy atom. The minimum Gasteiger partial charge on any atom is -0.496 e. The number of anilines is 1. The van der Waals surface area contributed by atoms with Crippen LogP contribution in [-0.4, -0.2) is 37.6 Å². The van der Waals surface area contributed by atoms with E-state index in [1.807, 2.05) is 63.9 Å². The van der Waals surface area contributed by atoms with E-state index in [9.17, 15) is 4.79 Å². The highest BCUT2D eigenvalue weighted by atomic mass is 16.5. The molecule has 0 heterocycles. The molecule has 1 amide bonds. The zero-order valence-corrected chi connectivity index (χ0v) is 17.1. The first-order valence-corrected chi connectivity index (χ1v) is 9.24. The molecule has 2 aromatic rings. The van der Waals surface area contributed by atoms with Gasteiger partial charge in [0.2, 0.25) is 5.91 Å². The van der Waals surface area contributed by atoms with Crippen molar-refractivity contribution in [1.82, 2.24) is 4.90 Å². The first-order valence-electron chi connectivity index (χ1n) is 9.24. The lowest BCUT2D eigenvalue weighted by atomic mass is 10.0. The molecule has 0 aliphatic heterocycles. The number of carbonyl (C=O) groups is 1. The average Bonchev–Trinajstić information content (AvgIpc) is 2.62. The smallest absolute Gasteiger partial charge is 0.241 e. The molecule has 2 aromatic carbocycles. The maximum Gasteiger partial charge on any atom is 0.241 e. The lowest BCUT2D eigenvalue weighted by Crippen LogP contribution is -2.39. The molecule has 5 nitrogen and oxygen atoms in total. The topological polar surface area (TPSA) is 50.8 Å². The van der Waals surface area contributed by atoms with E-state index in [0.29, 0.717) is 24.6 Å². The summed E-state index contributed by atoms with van der Waals surface area (Å²) < 4.78 is 11.0. The number of hydrogen-bond donors (Lipinski definition) is 1. The van der Waals surface area contributed by atoms with Gasteiger partial charge >= 0.3 is 0 Å². The van der Waals surface area contributed by atoms with Crippen LogP contribution in [0, 0.1) is 13.8 Å². The van der Waals surface area contributed by atoms with E-state index in [2.05, 4.69) is 17.4 Å². The number of amides is 1. The molecule has 0 bridgehead atoms. The number of likely N-dealkylation sites (N-methyl/N-ethyl adjacent to an activating group) is 1. The van der Waals surface area contributed by atoms with E-state index >= 15 is 0 Å². The van der Waals surface area contributed by atoms with Crippen molar-refractivity contribution in [2.45, 2.75) is 40.3 Å². The molecule has 1 atom stereocenters. The van der Waals surface area contributed by atoms with Crippen molar-refractivity contribution in [2.75, 3.05) is 26.1 Å². The number of methoxy groups -OCH3 is 1. The molecule has 0 spiro atoms. The predicted molar refractivity (Wildman–Crippen MR) is 110 cm³/mol. The molecule has 0 aliphatic carbocycles. The standard InChI is InChI=1S/C22H30N2O3/c1-7-27-20-11-9-8-10-19(20)23-22(25)17(4)24(5)14-18-12-15(2)21(26-6)16(3)13-18/h8-13,17H,7,14H2,1-6H3,(H,23,25). The van der Waals surface area contributed by atoms with E-state index in [1.165, 1.54) is 0 Å². The van der Waals surface area contributed by atoms with Gasteiger partial charge in [0, 0.05) is 6.54 Å². The van der Waals surface area contributed by atoms with Crippen LogP contribution in [0.3, 0.4) is 0 Å². The minimum atomic E-state index is -0.289. The quantitative estimate of drug-likeness (QED) is 0.758. The first-order chi connectivity index (χ1) is 12.9. The van der Waals surface area contributed by atoms with Gasteiger partial charge in [-0.1, -0.05) is 24.3 Å². The lowest BCUT2D eigenvalue weighted by molar-refractivity contribution is -0.120. The summed E-state index contributed by atoms with van der Waals surface area (Å²) in [5, 5.41) is 2.98. The van der Waals surface area contributed by atoms with E-state index in [1.54, 1.807) is 7.11 Å². The van der Waals surface area contributed by atoms with Crippen LogP contribution in [0.4, 0.5) is 5.69 Å². The molecule has 0 aliphatic rings. The summed E-state index contributed by atoms with van der Waals surface area (Å²) in [5.41, 5.74) is 4.05. The molecule has 2 rings (SSSR count). The number of carbonyl (C=O) groups excluding carboxylic acids is 1. The zero-order chi connectivity index (χ0) is 20.0. The van der Waals surface area contributed by atoms with Crippen LogP contribution >= 0.6 is 0 Å². The van der Waals surface area contributed by atoms with Crippen LogP contribution in [-0.2, 0) is 11.3 Å². The normalized spacial score (nSPS) is 12.0. The average molecular weight is 370 g/mol. The minimum absolute atomic E-state index is 0.0633. The Kier molecular flexibility index (Phi) is 7.25. The van der Waals surface area contributed by atoms with Crippen LogP contribution in [0.1, 0.15) is 30.5 Å². The summed E-state index contributed by atoms with van der Waals surface area (Å²) in [6.45, 7) is 9.13. The Hall–Kier alpha value is -2.53. The number of para-hydroxylation sites is 2. The van der Waals surface area contributed by atoms with Crippen molar-refractivity contribution in [2.24, 2.45) is 0 Å². The fraction of sp³-hybridized carbons (Fsp3) is 0.409. The molecule has 0 aromatic heterocycles. The van der Waals surface area contributed by atoms with Gasteiger partial charge < -0.3 is 14.8 Å². The molecule has 146 valence electrons. The number of rotatable bonds is 8. The van der Waals surface area contributed by atoms with E-state index < -0.39 is 0 Å². The van der Waals surface area contributed by atoms with Crippen molar-refractivity contribution in [3.05, 3.63) is 53.1 Å². The third kappa shape index (κ3) is 5.23. The maximum atomic E-state index is 12.7. The van der Waals surface area contributed by atoms with Crippen LogP contribution in [0.2, 0.25) is 0 Å². The number of benzene rings is 2. The third-order valence-corrected chi connectivity index (χ3v) is 4.64. The lowest BCUT2D eigenvalue weighted by Gasteiger charge is -2.25. The molecule has 0 saturated carbocycles. The zero-order valence-electron chi connectivity index (χ0n) is 17.1. The summed E-state index contributed by atoms with van der Waals surface area (Å²) in [4.78, 5) is 14.7. The molecular formula is C22H30N2O3. The van der Waals surface area contributed by atoms with Crippen LogP contribution < -0.4 is 14.8 Å². The van der Waals surface area contributed by atoms with Crippen molar-refractivity contribution in [1.29, 1.82) is 0 Å².